The molecule has 100 valence electrons. The van der Waals surface area contributed by atoms with Crippen LogP contribution in [0.2, 0.25) is 0 Å². The van der Waals surface area contributed by atoms with Gasteiger partial charge in [0.05, 0.1) is 4.91 Å². The average Bonchev–Trinajstić information content (AvgIpc) is 2.98. The van der Waals surface area contributed by atoms with Gasteiger partial charge in [0.2, 0.25) is 0 Å². The number of hydrogen-bond acceptors (Lipinski definition) is 3. The van der Waals surface area contributed by atoms with Crippen molar-refractivity contribution in [3.8, 4) is 5.69 Å². The summed E-state index contributed by atoms with van der Waals surface area (Å²) in [6.45, 7) is 0. The van der Waals surface area contributed by atoms with Gasteiger partial charge in [0.15, 0.2) is 0 Å². The lowest BCUT2D eigenvalue weighted by Gasteiger charge is -2.06. The van der Waals surface area contributed by atoms with Gasteiger partial charge in [-0.05, 0) is 76.8 Å². The maximum Gasteiger partial charge on any atom is 0.290 e. The molecule has 1 saturated heterocycles. The van der Waals surface area contributed by atoms with Gasteiger partial charge in [-0.15, -0.1) is 0 Å². The number of thioether (sulfide) groups is 1. The highest BCUT2D eigenvalue weighted by atomic mass is 127. The minimum atomic E-state index is -0.338. The molecule has 0 bridgehead atoms. The van der Waals surface area contributed by atoms with E-state index in [1.807, 2.05) is 47.2 Å². The number of aromatic nitrogens is 1. The van der Waals surface area contributed by atoms with E-state index in [2.05, 4.69) is 27.9 Å². The summed E-state index contributed by atoms with van der Waals surface area (Å²) < 4.78 is 3.13. The predicted molar refractivity (Wildman–Crippen MR) is 87.6 cm³/mol. The lowest BCUT2D eigenvalue weighted by atomic mass is 10.3. The van der Waals surface area contributed by atoms with Gasteiger partial charge in [-0.25, -0.2) is 0 Å². The van der Waals surface area contributed by atoms with Crippen molar-refractivity contribution in [2.45, 2.75) is 0 Å². The second-order valence-corrected chi connectivity index (χ2v) is 6.39. The molecule has 2 amide bonds. The first kappa shape index (κ1) is 13.4. The zero-order chi connectivity index (χ0) is 14.1. The molecular weight excluding hydrogens is 387 g/mol. The summed E-state index contributed by atoms with van der Waals surface area (Å²) in [7, 11) is 0. The highest BCUT2D eigenvalue weighted by Gasteiger charge is 2.25. The van der Waals surface area contributed by atoms with Crippen LogP contribution in [-0.4, -0.2) is 15.7 Å². The number of hydrogen-bond donors (Lipinski definition) is 1. The van der Waals surface area contributed by atoms with Crippen molar-refractivity contribution in [3.63, 3.8) is 0 Å². The van der Waals surface area contributed by atoms with E-state index in [4.69, 9.17) is 0 Å². The maximum atomic E-state index is 11.6. The minimum Gasteiger partial charge on any atom is -0.317 e. The van der Waals surface area contributed by atoms with Gasteiger partial charge in [-0.3, -0.25) is 14.9 Å². The standard InChI is InChI=1S/C14H9IN2O2S/c15-9-3-5-10(6-4-9)17-7-1-2-11(17)8-12-13(18)16-14(19)20-12/h1-8H,(H,16,18,19)/b12-8+. The zero-order valence-electron chi connectivity index (χ0n) is 10.2. The molecule has 1 aliphatic heterocycles. The summed E-state index contributed by atoms with van der Waals surface area (Å²) >= 11 is 3.18. The van der Waals surface area contributed by atoms with Crippen LogP contribution in [0.3, 0.4) is 0 Å². The van der Waals surface area contributed by atoms with Crippen molar-refractivity contribution < 1.29 is 9.59 Å². The Morgan fingerprint density at radius 3 is 2.55 bits per heavy atom. The predicted octanol–water partition coefficient (Wildman–Crippen LogP) is 3.41. The Balaban J connectivity index is 1.99. The quantitative estimate of drug-likeness (QED) is 0.626. The fourth-order valence-corrected chi connectivity index (χ4v) is 2.93. The van der Waals surface area contributed by atoms with Gasteiger partial charge in [0.25, 0.3) is 11.1 Å². The molecule has 1 N–H and O–H groups in total. The molecule has 2 aromatic rings. The van der Waals surface area contributed by atoms with Crippen LogP contribution in [0.15, 0.2) is 47.5 Å². The van der Waals surface area contributed by atoms with Crippen molar-refractivity contribution in [3.05, 3.63) is 56.8 Å². The molecule has 1 aliphatic rings. The summed E-state index contributed by atoms with van der Waals surface area (Å²) in [6, 6.07) is 11.9. The Labute approximate surface area is 133 Å². The summed E-state index contributed by atoms with van der Waals surface area (Å²) in [5.74, 6) is -0.338. The number of benzene rings is 1. The summed E-state index contributed by atoms with van der Waals surface area (Å²) in [5.41, 5.74) is 1.87. The molecule has 0 spiro atoms. The van der Waals surface area contributed by atoms with E-state index < -0.39 is 0 Å². The van der Waals surface area contributed by atoms with E-state index in [1.54, 1.807) is 6.08 Å². The van der Waals surface area contributed by atoms with E-state index in [9.17, 15) is 9.59 Å². The van der Waals surface area contributed by atoms with E-state index in [0.717, 1.165) is 26.7 Å². The van der Waals surface area contributed by atoms with Crippen LogP contribution in [-0.2, 0) is 4.79 Å². The largest absolute Gasteiger partial charge is 0.317 e. The highest BCUT2D eigenvalue weighted by Crippen LogP contribution is 2.26. The third kappa shape index (κ3) is 2.66. The monoisotopic (exact) mass is 396 g/mol. The second kappa shape index (κ2) is 5.45. The summed E-state index contributed by atoms with van der Waals surface area (Å²) in [6.07, 6.45) is 3.65. The van der Waals surface area contributed by atoms with Crippen molar-refractivity contribution in [2.24, 2.45) is 0 Å². The Kier molecular flexibility index (Phi) is 3.66. The van der Waals surface area contributed by atoms with Crippen molar-refractivity contribution in [2.75, 3.05) is 0 Å². The molecule has 0 unspecified atom stereocenters. The highest BCUT2D eigenvalue weighted by molar-refractivity contribution is 14.1. The molecule has 0 radical (unpaired) electrons. The van der Waals surface area contributed by atoms with Crippen LogP contribution in [0.4, 0.5) is 4.79 Å². The van der Waals surface area contributed by atoms with Crippen LogP contribution < -0.4 is 5.32 Å². The topological polar surface area (TPSA) is 51.1 Å². The number of halogens is 1. The van der Waals surface area contributed by atoms with E-state index in [0.29, 0.717) is 4.91 Å². The lowest BCUT2D eigenvalue weighted by molar-refractivity contribution is -0.115. The number of amides is 2. The van der Waals surface area contributed by atoms with Gasteiger partial charge in [0, 0.05) is 21.1 Å². The fraction of sp³-hybridized carbons (Fsp3) is 0. The van der Waals surface area contributed by atoms with Crippen molar-refractivity contribution >= 4 is 51.6 Å². The molecule has 1 aromatic heterocycles. The zero-order valence-corrected chi connectivity index (χ0v) is 13.1. The van der Waals surface area contributed by atoms with E-state index in [-0.39, 0.29) is 11.1 Å². The van der Waals surface area contributed by atoms with Crippen LogP contribution in [0.5, 0.6) is 0 Å². The smallest absolute Gasteiger partial charge is 0.290 e. The van der Waals surface area contributed by atoms with Crippen molar-refractivity contribution in [1.82, 2.24) is 9.88 Å². The van der Waals surface area contributed by atoms with Crippen LogP contribution in [0, 0.1) is 3.57 Å². The van der Waals surface area contributed by atoms with Gasteiger partial charge in [-0.1, -0.05) is 0 Å². The van der Waals surface area contributed by atoms with Crippen LogP contribution >= 0.6 is 34.4 Å². The Bertz CT molecular complexity index is 719. The molecule has 2 heterocycles. The average molecular weight is 396 g/mol. The number of nitrogens with one attached hydrogen (secondary N) is 1. The summed E-state index contributed by atoms with van der Waals surface area (Å²) in [5, 5.41) is 1.93. The first-order valence-electron chi connectivity index (χ1n) is 5.81. The lowest BCUT2D eigenvalue weighted by Crippen LogP contribution is -2.17. The van der Waals surface area contributed by atoms with Gasteiger partial charge < -0.3 is 4.57 Å². The molecular formula is C14H9IN2O2S. The third-order valence-electron chi connectivity index (χ3n) is 2.81. The molecule has 6 heteroatoms. The molecule has 1 aromatic carbocycles. The Morgan fingerprint density at radius 1 is 1.15 bits per heavy atom. The molecule has 0 aliphatic carbocycles. The van der Waals surface area contributed by atoms with Crippen LogP contribution in [0.25, 0.3) is 11.8 Å². The number of rotatable bonds is 2. The van der Waals surface area contributed by atoms with Gasteiger partial charge in [-0.2, -0.15) is 0 Å². The second-order valence-electron chi connectivity index (χ2n) is 4.13. The Morgan fingerprint density at radius 2 is 1.90 bits per heavy atom. The molecule has 1 fully saturated rings. The molecule has 20 heavy (non-hydrogen) atoms. The normalized spacial score (nSPS) is 16.8. The Hall–Kier alpha value is -1.54. The third-order valence-corrected chi connectivity index (χ3v) is 4.34. The van der Waals surface area contributed by atoms with E-state index >= 15 is 0 Å². The molecule has 4 nitrogen and oxygen atoms in total. The number of carbonyl (C=O) groups excluding carboxylic acids is 2. The molecule has 0 atom stereocenters. The molecule has 0 saturated carbocycles. The number of imide groups is 1. The van der Waals surface area contributed by atoms with Gasteiger partial charge >= 0.3 is 0 Å². The number of carbonyl (C=O) groups is 2. The van der Waals surface area contributed by atoms with Crippen molar-refractivity contribution in [1.29, 1.82) is 0 Å². The van der Waals surface area contributed by atoms with Gasteiger partial charge in [0.1, 0.15) is 0 Å². The number of nitrogens with zero attached hydrogens (tertiary/aromatic N) is 1. The first-order chi connectivity index (χ1) is 9.63. The first-order valence-corrected chi connectivity index (χ1v) is 7.71. The summed E-state index contributed by atoms with van der Waals surface area (Å²) in [4.78, 5) is 23.2. The van der Waals surface area contributed by atoms with Crippen LogP contribution in [0.1, 0.15) is 5.69 Å². The maximum absolute atomic E-state index is 11.6. The minimum absolute atomic E-state index is 0.325. The SMILES string of the molecule is O=C1NC(=O)/C(=C\c2cccn2-c2ccc(I)cc2)S1. The molecule has 3 rings (SSSR count). The fourth-order valence-electron chi connectivity index (χ4n) is 1.90. The van der Waals surface area contributed by atoms with E-state index in [1.165, 1.54) is 0 Å².